The molecule has 1 aromatic carbocycles. The Labute approximate surface area is 248 Å². The quantitative estimate of drug-likeness (QED) is 0.269. The molecule has 1 aliphatic carbocycles. The minimum atomic E-state index is -0.830. The highest BCUT2D eigenvalue weighted by molar-refractivity contribution is 7.78. The molecule has 10 nitrogen and oxygen atoms in total. The molecule has 2 heterocycles. The first-order valence-corrected chi connectivity index (χ1v) is 15.1. The van der Waals surface area contributed by atoms with Crippen molar-refractivity contribution >= 4 is 30.7 Å². The smallest absolute Gasteiger partial charge is 0.327 e. The minimum absolute atomic E-state index is 0.124. The van der Waals surface area contributed by atoms with Crippen LogP contribution < -0.4 is 10.1 Å². The number of hydrogen-bond donors (Lipinski definition) is 3. The van der Waals surface area contributed by atoms with Crippen LogP contribution in [0.3, 0.4) is 0 Å². The largest absolute Gasteiger partial charge is 0.497 e. The second-order valence-electron chi connectivity index (χ2n) is 11.0. The zero-order chi connectivity index (χ0) is 29.2. The van der Waals surface area contributed by atoms with E-state index >= 15 is 0 Å². The van der Waals surface area contributed by atoms with E-state index in [1.807, 2.05) is 31.2 Å². The summed E-state index contributed by atoms with van der Waals surface area (Å²) in [4.78, 5) is 49.2. The molecule has 11 heteroatoms. The number of thiol groups is 1. The molecule has 224 valence electrons. The van der Waals surface area contributed by atoms with Crippen molar-refractivity contribution in [2.75, 3.05) is 33.4 Å². The Hall–Kier alpha value is -3.21. The van der Waals surface area contributed by atoms with Crippen molar-refractivity contribution in [1.82, 2.24) is 24.5 Å². The Bertz CT molecular complexity index is 1130. The number of likely N-dealkylation sites (tertiary alicyclic amines) is 1. The Morgan fingerprint density at radius 2 is 1.88 bits per heavy atom. The molecule has 0 spiro atoms. The highest BCUT2D eigenvalue weighted by atomic mass is 32.1. The van der Waals surface area contributed by atoms with Crippen molar-refractivity contribution < 1.29 is 23.9 Å². The van der Waals surface area contributed by atoms with Crippen LogP contribution in [0.4, 0.5) is 4.79 Å². The fourth-order valence-electron chi connectivity index (χ4n) is 6.26. The number of methoxy groups -OCH3 is 1. The molecule has 2 fully saturated rings. The second-order valence-corrected chi connectivity index (χ2v) is 11.4. The third-order valence-electron chi connectivity index (χ3n) is 8.64. The molecule has 1 aromatic heterocycles. The first kappa shape index (κ1) is 30.7. The topological polar surface area (TPSA) is 117 Å². The van der Waals surface area contributed by atoms with Gasteiger partial charge in [0.05, 0.1) is 25.5 Å². The number of piperidine rings is 1. The van der Waals surface area contributed by atoms with Crippen LogP contribution in [-0.2, 0) is 27.2 Å². The molecule has 41 heavy (non-hydrogen) atoms. The summed E-state index contributed by atoms with van der Waals surface area (Å²) in [5, 5.41) is 2.86. The number of hydrogen-bond acceptors (Lipinski definition) is 7. The number of esters is 1. The van der Waals surface area contributed by atoms with Gasteiger partial charge in [0.1, 0.15) is 11.8 Å². The van der Waals surface area contributed by atoms with E-state index in [0.717, 1.165) is 36.9 Å². The zero-order valence-corrected chi connectivity index (χ0v) is 25.0. The zero-order valence-electron chi connectivity index (χ0n) is 24.1. The van der Waals surface area contributed by atoms with Gasteiger partial charge in [0.15, 0.2) is 0 Å². The Balaban J connectivity index is 1.47. The number of carbonyl (C=O) groups excluding carboxylic acids is 3. The van der Waals surface area contributed by atoms with Crippen molar-refractivity contribution in [2.45, 2.75) is 70.8 Å². The van der Waals surface area contributed by atoms with E-state index in [1.54, 1.807) is 24.5 Å². The van der Waals surface area contributed by atoms with Crippen LogP contribution in [-0.4, -0.2) is 76.5 Å². The van der Waals surface area contributed by atoms with E-state index in [0.29, 0.717) is 57.7 Å². The number of rotatable bonds is 11. The number of nitrogens with zero attached hydrogens (tertiary/aromatic N) is 3. The molecule has 4 rings (SSSR count). The maximum absolute atomic E-state index is 14.0. The summed E-state index contributed by atoms with van der Waals surface area (Å²) in [7, 11) is 1.60. The highest BCUT2D eigenvalue weighted by Crippen LogP contribution is 2.47. The molecule has 0 radical (unpaired) electrons. The van der Waals surface area contributed by atoms with E-state index < -0.39 is 17.5 Å². The highest BCUT2D eigenvalue weighted by Gasteiger charge is 2.49. The Kier molecular flexibility index (Phi) is 11.0. The van der Waals surface area contributed by atoms with Crippen LogP contribution in [0.5, 0.6) is 5.75 Å². The standard InChI is InChI=1S/C30H43N5O5S/c1-3-40-28(37)30(23-7-5-4-6-8-23)14-17-34(18-15-30)27(36)26(19-22-9-11-25(39-2)12-10-22)35(41)29(38)32-16-13-24-20-31-21-33-24/h9-12,20-21,23,26,41H,3-8,13-19H2,1-2H3,(H,31,33)(H,32,38). The van der Waals surface area contributed by atoms with E-state index in [-0.39, 0.29) is 17.8 Å². The summed E-state index contributed by atoms with van der Waals surface area (Å²) in [5.74, 6) is 0.691. The van der Waals surface area contributed by atoms with Gasteiger partial charge in [-0.1, -0.05) is 44.2 Å². The van der Waals surface area contributed by atoms with Gasteiger partial charge in [-0.15, -0.1) is 0 Å². The summed E-state index contributed by atoms with van der Waals surface area (Å²) >= 11 is 4.53. The van der Waals surface area contributed by atoms with E-state index in [2.05, 4.69) is 28.1 Å². The summed E-state index contributed by atoms with van der Waals surface area (Å²) < 4.78 is 12.1. The molecule has 2 aliphatic rings. The normalized spacial score (nSPS) is 17.9. The van der Waals surface area contributed by atoms with Crippen molar-refractivity contribution in [3.8, 4) is 5.75 Å². The lowest BCUT2D eigenvalue weighted by Gasteiger charge is -2.46. The average Bonchev–Trinajstić information content (AvgIpc) is 3.53. The molecule has 3 amide bonds. The SMILES string of the molecule is CCOC(=O)C1(C2CCCCC2)CCN(C(=O)C(Cc2ccc(OC)cc2)N(S)C(=O)NCCc2cnc[nH]2)CC1. The molecular formula is C30H43N5O5S. The molecular weight excluding hydrogens is 542 g/mol. The number of aromatic amines is 1. The van der Waals surface area contributed by atoms with Crippen LogP contribution in [0.1, 0.15) is 63.1 Å². The molecule has 1 atom stereocenters. The summed E-state index contributed by atoms with van der Waals surface area (Å²) in [6, 6.07) is 6.18. The van der Waals surface area contributed by atoms with Crippen LogP contribution in [0.2, 0.25) is 0 Å². The van der Waals surface area contributed by atoms with Gasteiger partial charge in [-0.05, 0) is 56.2 Å². The number of carbonyl (C=O) groups is 3. The number of urea groups is 1. The van der Waals surface area contributed by atoms with Gasteiger partial charge < -0.3 is 24.7 Å². The first-order valence-electron chi connectivity index (χ1n) is 14.7. The van der Waals surface area contributed by atoms with Crippen LogP contribution in [0.15, 0.2) is 36.8 Å². The Morgan fingerprint density at radius 3 is 2.49 bits per heavy atom. The number of imidazole rings is 1. The number of H-pyrrole nitrogens is 1. The second kappa shape index (κ2) is 14.6. The predicted molar refractivity (Wildman–Crippen MR) is 158 cm³/mol. The lowest BCUT2D eigenvalue weighted by atomic mass is 9.63. The molecule has 1 unspecified atom stereocenters. The number of benzene rings is 1. The lowest BCUT2D eigenvalue weighted by Crippen LogP contribution is -2.56. The van der Waals surface area contributed by atoms with Gasteiger partial charge in [-0.2, -0.15) is 0 Å². The molecule has 2 aromatic rings. The van der Waals surface area contributed by atoms with Gasteiger partial charge >= 0.3 is 12.0 Å². The van der Waals surface area contributed by atoms with Gasteiger partial charge in [0, 0.05) is 44.4 Å². The monoisotopic (exact) mass is 585 g/mol. The summed E-state index contributed by atoms with van der Waals surface area (Å²) in [5.41, 5.74) is 1.23. The molecule has 2 N–H and O–H groups in total. The summed E-state index contributed by atoms with van der Waals surface area (Å²) in [6.45, 7) is 3.45. The van der Waals surface area contributed by atoms with Crippen molar-refractivity contribution in [2.24, 2.45) is 11.3 Å². The van der Waals surface area contributed by atoms with Gasteiger partial charge in [-0.3, -0.25) is 13.9 Å². The molecule has 1 aliphatic heterocycles. The van der Waals surface area contributed by atoms with Gasteiger partial charge in [0.25, 0.3) is 0 Å². The molecule has 0 bridgehead atoms. The number of nitrogens with one attached hydrogen (secondary N) is 2. The van der Waals surface area contributed by atoms with Crippen molar-refractivity contribution in [3.63, 3.8) is 0 Å². The van der Waals surface area contributed by atoms with E-state index in [4.69, 9.17) is 9.47 Å². The first-order chi connectivity index (χ1) is 19.9. The van der Waals surface area contributed by atoms with Crippen LogP contribution >= 0.6 is 12.8 Å². The van der Waals surface area contributed by atoms with E-state index in [1.165, 1.54) is 10.7 Å². The van der Waals surface area contributed by atoms with Crippen molar-refractivity contribution in [3.05, 3.63) is 48.0 Å². The Morgan fingerprint density at radius 1 is 1.17 bits per heavy atom. The number of ether oxygens (including phenoxy) is 2. The van der Waals surface area contributed by atoms with E-state index in [9.17, 15) is 14.4 Å². The maximum atomic E-state index is 14.0. The minimum Gasteiger partial charge on any atom is -0.497 e. The van der Waals surface area contributed by atoms with Crippen molar-refractivity contribution in [1.29, 1.82) is 0 Å². The predicted octanol–water partition coefficient (Wildman–Crippen LogP) is 4.18. The van der Waals surface area contributed by atoms with Gasteiger partial charge in [-0.25, -0.2) is 9.78 Å². The fraction of sp³-hybridized carbons (Fsp3) is 0.600. The maximum Gasteiger partial charge on any atom is 0.327 e. The third kappa shape index (κ3) is 7.55. The lowest BCUT2D eigenvalue weighted by molar-refractivity contribution is -0.166. The molecule has 1 saturated heterocycles. The number of aromatic nitrogens is 2. The fourth-order valence-corrected chi connectivity index (χ4v) is 6.51. The van der Waals surface area contributed by atoms with Crippen LogP contribution in [0, 0.1) is 11.3 Å². The average molecular weight is 586 g/mol. The summed E-state index contributed by atoms with van der Waals surface area (Å²) in [6.07, 6.45) is 10.8. The third-order valence-corrected chi connectivity index (χ3v) is 9.10. The number of amides is 3. The van der Waals surface area contributed by atoms with Gasteiger partial charge in [0.2, 0.25) is 5.91 Å². The van der Waals surface area contributed by atoms with Crippen LogP contribution in [0.25, 0.3) is 0 Å². The molecule has 1 saturated carbocycles.